The first-order valence-electron chi connectivity index (χ1n) is 5.31. The van der Waals surface area contributed by atoms with E-state index in [0.29, 0.717) is 9.48 Å². The van der Waals surface area contributed by atoms with Gasteiger partial charge in [0.05, 0.1) is 16.7 Å². The molecule has 7 heteroatoms. The van der Waals surface area contributed by atoms with E-state index in [1.807, 2.05) is 0 Å². The van der Waals surface area contributed by atoms with E-state index < -0.39 is 17.8 Å². The summed E-state index contributed by atoms with van der Waals surface area (Å²) in [4.78, 5) is 4.00. The van der Waals surface area contributed by atoms with Crippen molar-refractivity contribution < 1.29 is 18.3 Å². The highest BCUT2D eigenvalue weighted by atomic mass is 79.9. The molecule has 0 spiro atoms. The SMILES string of the molecule is OC(Cc1nccs1)c1cc(C(F)(F)F)ccc1Br. The molecule has 2 aromatic rings. The van der Waals surface area contributed by atoms with Crippen LogP contribution in [0.3, 0.4) is 0 Å². The summed E-state index contributed by atoms with van der Waals surface area (Å²) in [6, 6.07) is 3.23. The average Bonchev–Trinajstić information content (AvgIpc) is 2.80. The van der Waals surface area contributed by atoms with Gasteiger partial charge in [-0.25, -0.2) is 4.98 Å². The number of aliphatic hydroxyl groups is 1. The molecule has 0 bridgehead atoms. The molecule has 2 rings (SSSR count). The molecule has 2 nitrogen and oxygen atoms in total. The molecule has 0 aliphatic heterocycles. The van der Waals surface area contributed by atoms with Crippen molar-refractivity contribution in [1.29, 1.82) is 0 Å². The Hall–Kier alpha value is -0.920. The molecule has 0 saturated heterocycles. The fourth-order valence-corrected chi connectivity index (χ4v) is 2.77. The average molecular weight is 352 g/mol. The van der Waals surface area contributed by atoms with Crippen LogP contribution in [0.25, 0.3) is 0 Å². The van der Waals surface area contributed by atoms with Gasteiger partial charge in [-0.1, -0.05) is 15.9 Å². The largest absolute Gasteiger partial charge is 0.416 e. The molecule has 19 heavy (non-hydrogen) atoms. The summed E-state index contributed by atoms with van der Waals surface area (Å²) in [5.41, 5.74) is -0.561. The molecule has 0 fully saturated rings. The van der Waals surface area contributed by atoms with Crippen LogP contribution in [0.2, 0.25) is 0 Å². The van der Waals surface area contributed by atoms with Crippen molar-refractivity contribution in [1.82, 2.24) is 4.98 Å². The number of alkyl halides is 3. The van der Waals surface area contributed by atoms with E-state index >= 15 is 0 Å². The van der Waals surface area contributed by atoms with E-state index in [1.54, 1.807) is 11.6 Å². The van der Waals surface area contributed by atoms with Crippen LogP contribution >= 0.6 is 27.3 Å². The van der Waals surface area contributed by atoms with E-state index in [1.165, 1.54) is 17.4 Å². The van der Waals surface area contributed by atoms with Gasteiger partial charge in [0, 0.05) is 22.5 Å². The molecule has 0 aliphatic rings. The predicted molar refractivity (Wildman–Crippen MR) is 69.9 cm³/mol. The van der Waals surface area contributed by atoms with Crippen molar-refractivity contribution in [3.05, 3.63) is 50.4 Å². The molecule has 1 aromatic carbocycles. The Bertz CT molecular complexity index is 557. The van der Waals surface area contributed by atoms with Crippen LogP contribution in [-0.2, 0) is 12.6 Å². The molecule has 0 amide bonds. The second kappa shape index (κ2) is 5.60. The minimum atomic E-state index is -4.42. The van der Waals surface area contributed by atoms with Gasteiger partial charge in [0.2, 0.25) is 0 Å². The van der Waals surface area contributed by atoms with E-state index in [4.69, 9.17) is 0 Å². The first kappa shape index (κ1) is 14.5. The smallest absolute Gasteiger partial charge is 0.388 e. The standard InChI is InChI=1S/C12H9BrF3NOS/c13-9-2-1-7(12(14,15)16)5-8(9)10(18)6-11-17-3-4-19-11/h1-5,10,18H,6H2. The fraction of sp³-hybridized carbons (Fsp3) is 0.250. The van der Waals surface area contributed by atoms with Gasteiger partial charge in [-0.2, -0.15) is 13.2 Å². The van der Waals surface area contributed by atoms with E-state index in [0.717, 1.165) is 12.1 Å². The Labute approximate surface area is 120 Å². The van der Waals surface area contributed by atoms with Crippen LogP contribution < -0.4 is 0 Å². The summed E-state index contributed by atoms with van der Waals surface area (Å²) in [6.45, 7) is 0. The van der Waals surface area contributed by atoms with Gasteiger partial charge in [-0.05, 0) is 23.8 Å². The van der Waals surface area contributed by atoms with Gasteiger partial charge >= 0.3 is 6.18 Å². The van der Waals surface area contributed by atoms with E-state index in [2.05, 4.69) is 20.9 Å². The third-order valence-corrected chi connectivity index (χ3v) is 4.06. The summed E-state index contributed by atoms with van der Waals surface area (Å²) < 4.78 is 38.3. The first-order valence-corrected chi connectivity index (χ1v) is 6.98. The van der Waals surface area contributed by atoms with Crippen molar-refractivity contribution in [3.8, 4) is 0 Å². The molecule has 102 valence electrons. The lowest BCUT2D eigenvalue weighted by atomic mass is 10.0. The van der Waals surface area contributed by atoms with Crippen molar-refractivity contribution in [2.45, 2.75) is 18.7 Å². The van der Waals surface area contributed by atoms with Crippen LogP contribution in [0.4, 0.5) is 13.2 Å². The van der Waals surface area contributed by atoms with Crippen LogP contribution in [0.5, 0.6) is 0 Å². The zero-order chi connectivity index (χ0) is 14.0. The van der Waals surface area contributed by atoms with Gasteiger partial charge in [0.25, 0.3) is 0 Å². The fourth-order valence-electron chi connectivity index (χ4n) is 1.60. The number of hydrogen-bond acceptors (Lipinski definition) is 3. The Balaban J connectivity index is 2.28. The molecule has 0 radical (unpaired) electrons. The number of nitrogens with zero attached hydrogens (tertiary/aromatic N) is 1. The van der Waals surface area contributed by atoms with Gasteiger partial charge < -0.3 is 5.11 Å². The molecule has 1 aromatic heterocycles. The van der Waals surface area contributed by atoms with Crippen LogP contribution in [-0.4, -0.2) is 10.1 Å². The molecule has 0 aliphatic carbocycles. The molecule has 1 atom stereocenters. The van der Waals surface area contributed by atoms with Crippen LogP contribution in [0.15, 0.2) is 34.2 Å². The zero-order valence-corrected chi connectivity index (χ0v) is 11.9. The van der Waals surface area contributed by atoms with Crippen molar-refractivity contribution in [3.63, 3.8) is 0 Å². The minimum absolute atomic E-state index is 0.192. The molecular formula is C12H9BrF3NOS. The number of aliphatic hydroxyl groups excluding tert-OH is 1. The minimum Gasteiger partial charge on any atom is -0.388 e. The number of aromatic nitrogens is 1. The molecular weight excluding hydrogens is 343 g/mol. The monoisotopic (exact) mass is 351 g/mol. The topological polar surface area (TPSA) is 33.1 Å². The maximum atomic E-state index is 12.6. The summed E-state index contributed by atoms with van der Waals surface area (Å²) in [6.07, 6.45) is -3.66. The molecule has 1 N–H and O–H groups in total. The van der Waals surface area contributed by atoms with Crippen molar-refractivity contribution in [2.24, 2.45) is 0 Å². The number of rotatable bonds is 3. The summed E-state index contributed by atoms with van der Waals surface area (Å²) in [5.74, 6) is 0. The molecule has 1 heterocycles. The summed E-state index contributed by atoms with van der Waals surface area (Å²) in [7, 11) is 0. The second-order valence-corrected chi connectivity index (χ2v) is 5.71. The van der Waals surface area contributed by atoms with E-state index in [9.17, 15) is 18.3 Å². The maximum Gasteiger partial charge on any atom is 0.416 e. The van der Waals surface area contributed by atoms with E-state index in [-0.39, 0.29) is 12.0 Å². The van der Waals surface area contributed by atoms with Gasteiger partial charge in [0.1, 0.15) is 0 Å². The second-order valence-electron chi connectivity index (χ2n) is 3.88. The van der Waals surface area contributed by atoms with Crippen molar-refractivity contribution >= 4 is 27.3 Å². The quantitative estimate of drug-likeness (QED) is 0.898. The molecule has 1 unspecified atom stereocenters. The van der Waals surface area contributed by atoms with Crippen LogP contribution in [0.1, 0.15) is 22.2 Å². The highest BCUT2D eigenvalue weighted by molar-refractivity contribution is 9.10. The maximum absolute atomic E-state index is 12.6. The predicted octanol–water partition coefficient (Wildman–Crippen LogP) is 4.20. The Morgan fingerprint density at radius 2 is 2.11 bits per heavy atom. The first-order chi connectivity index (χ1) is 8.88. The Morgan fingerprint density at radius 3 is 2.68 bits per heavy atom. The van der Waals surface area contributed by atoms with Crippen LogP contribution in [0, 0.1) is 0 Å². The van der Waals surface area contributed by atoms with Gasteiger partial charge in [-0.15, -0.1) is 11.3 Å². The lowest BCUT2D eigenvalue weighted by Gasteiger charge is -2.14. The highest BCUT2D eigenvalue weighted by Crippen LogP contribution is 2.34. The number of benzene rings is 1. The van der Waals surface area contributed by atoms with Gasteiger partial charge in [0.15, 0.2) is 0 Å². The number of hydrogen-bond donors (Lipinski definition) is 1. The zero-order valence-electron chi connectivity index (χ0n) is 9.49. The Kier molecular flexibility index (Phi) is 4.27. The lowest BCUT2D eigenvalue weighted by molar-refractivity contribution is -0.137. The highest BCUT2D eigenvalue weighted by Gasteiger charge is 2.31. The molecule has 0 saturated carbocycles. The lowest BCUT2D eigenvalue weighted by Crippen LogP contribution is -2.08. The number of thiazole rings is 1. The normalized spacial score (nSPS) is 13.5. The third-order valence-electron chi connectivity index (χ3n) is 2.53. The number of halogens is 4. The summed E-state index contributed by atoms with van der Waals surface area (Å²) in [5, 5.41) is 12.5. The third kappa shape index (κ3) is 3.55. The Morgan fingerprint density at radius 1 is 1.37 bits per heavy atom. The van der Waals surface area contributed by atoms with Crippen molar-refractivity contribution in [2.75, 3.05) is 0 Å². The summed E-state index contributed by atoms with van der Waals surface area (Å²) >= 11 is 4.51. The van der Waals surface area contributed by atoms with Gasteiger partial charge in [-0.3, -0.25) is 0 Å².